The van der Waals surface area contributed by atoms with Crippen LogP contribution in [0.4, 0.5) is 5.69 Å². The molecular formula is C33H38ClN3O4. The number of hydrogen-bond donors (Lipinski definition) is 2. The van der Waals surface area contributed by atoms with E-state index in [4.69, 9.17) is 16.3 Å². The third kappa shape index (κ3) is 4.97. The van der Waals surface area contributed by atoms with E-state index in [2.05, 4.69) is 31.4 Å². The molecular weight excluding hydrogens is 538 g/mol. The number of anilines is 1. The summed E-state index contributed by atoms with van der Waals surface area (Å²) in [7, 11) is 0. The van der Waals surface area contributed by atoms with E-state index in [1.54, 1.807) is 17.0 Å². The highest BCUT2D eigenvalue weighted by atomic mass is 35.5. The molecule has 2 bridgehead atoms. The Hall–Kier alpha value is -3.16. The van der Waals surface area contributed by atoms with Gasteiger partial charge in [0.05, 0.1) is 17.9 Å². The number of amides is 3. The van der Waals surface area contributed by atoms with E-state index in [0.717, 1.165) is 31.2 Å². The first kappa shape index (κ1) is 28.0. The second-order valence-electron chi connectivity index (χ2n) is 12.4. The Morgan fingerprint density at radius 3 is 2.44 bits per heavy atom. The van der Waals surface area contributed by atoms with Gasteiger partial charge in [-0.2, -0.15) is 0 Å². The van der Waals surface area contributed by atoms with Crippen LogP contribution in [-0.4, -0.2) is 46.4 Å². The van der Waals surface area contributed by atoms with Gasteiger partial charge in [0.15, 0.2) is 0 Å². The van der Waals surface area contributed by atoms with Crippen molar-refractivity contribution in [3.8, 4) is 0 Å². The van der Waals surface area contributed by atoms with Gasteiger partial charge < -0.3 is 20.3 Å². The number of ether oxygens (including phenoxy) is 1. The Morgan fingerprint density at radius 1 is 1.05 bits per heavy atom. The van der Waals surface area contributed by atoms with Crippen LogP contribution in [0.2, 0.25) is 5.02 Å². The van der Waals surface area contributed by atoms with Crippen LogP contribution in [0, 0.1) is 17.8 Å². The fraction of sp³-hybridized carbons (Fsp3) is 0.485. The van der Waals surface area contributed by atoms with E-state index in [-0.39, 0.29) is 30.3 Å². The number of fused-ring (bicyclic) bond motifs is 1. The minimum absolute atomic E-state index is 0.0506. The highest BCUT2D eigenvalue weighted by molar-refractivity contribution is 6.30. The first-order chi connectivity index (χ1) is 19.7. The summed E-state index contributed by atoms with van der Waals surface area (Å²) in [6.45, 7) is 6.63. The van der Waals surface area contributed by atoms with Gasteiger partial charge in [-0.1, -0.05) is 81.6 Å². The summed E-state index contributed by atoms with van der Waals surface area (Å²) in [4.78, 5) is 43.7. The standard InChI is InChI=1S/C33H38ClN3O4/c1-19(2)22-10-14-24(15-11-22)35-30(38)27-26-16-17-33(41-26)28(27)32(40)37(18-21-8-12-23(34)13-9-21)29(33)31(39)36-25-7-5-4-6-20(25)3/h8-17,19-20,25-29H,4-7,18H2,1-3H3,(H,35,38)(H,36,39)/t20-,25-,26+,27-,28+,29+,33+/m1/s1. The molecule has 3 heterocycles. The quantitative estimate of drug-likeness (QED) is 0.430. The summed E-state index contributed by atoms with van der Waals surface area (Å²) in [5.41, 5.74) is 1.51. The van der Waals surface area contributed by atoms with E-state index < -0.39 is 29.6 Å². The van der Waals surface area contributed by atoms with Gasteiger partial charge in [-0.05, 0) is 60.1 Å². The molecule has 0 aromatic heterocycles. The SMILES string of the molecule is CC(C)c1ccc(NC(=O)[C@@H]2[C@@H]3C=C[C@]4(O3)[C@@H]2C(=O)N(Cc2ccc(Cl)cc2)[C@H]4C(=O)N[C@@H]2CCCC[C@H]2C)cc1. The first-order valence-electron chi connectivity index (χ1n) is 14.8. The summed E-state index contributed by atoms with van der Waals surface area (Å²) in [5, 5.41) is 6.89. The fourth-order valence-electron chi connectivity index (χ4n) is 7.19. The number of likely N-dealkylation sites (tertiary alicyclic amines) is 1. The van der Waals surface area contributed by atoms with Gasteiger partial charge in [0.25, 0.3) is 0 Å². The van der Waals surface area contributed by atoms with E-state index in [1.807, 2.05) is 48.6 Å². The lowest BCUT2D eigenvalue weighted by Crippen LogP contribution is -2.57. The largest absolute Gasteiger partial charge is 0.359 e. The van der Waals surface area contributed by atoms with Crippen LogP contribution in [-0.2, 0) is 25.7 Å². The molecule has 6 rings (SSSR count). The summed E-state index contributed by atoms with van der Waals surface area (Å²) >= 11 is 6.11. The Morgan fingerprint density at radius 2 is 1.76 bits per heavy atom. The van der Waals surface area contributed by atoms with Crippen molar-refractivity contribution in [3.05, 3.63) is 76.8 Å². The van der Waals surface area contributed by atoms with Crippen molar-refractivity contribution in [1.29, 1.82) is 0 Å². The number of benzene rings is 2. The number of halogens is 1. The Labute approximate surface area is 246 Å². The van der Waals surface area contributed by atoms with Gasteiger partial charge in [-0.3, -0.25) is 14.4 Å². The van der Waals surface area contributed by atoms with E-state index in [0.29, 0.717) is 22.5 Å². The molecule has 41 heavy (non-hydrogen) atoms. The summed E-state index contributed by atoms with van der Waals surface area (Å²) in [5.74, 6) is -1.52. The van der Waals surface area contributed by atoms with Crippen LogP contribution in [0.25, 0.3) is 0 Å². The molecule has 1 saturated carbocycles. The molecule has 2 aromatic rings. The highest BCUT2D eigenvalue weighted by Crippen LogP contribution is 2.55. The van der Waals surface area contributed by atoms with Gasteiger partial charge in [-0.15, -0.1) is 0 Å². The molecule has 3 aliphatic heterocycles. The molecule has 216 valence electrons. The van der Waals surface area contributed by atoms with Crippen molar-refractivity contribution >= 4 is 35.0 Å². The number of hydrogen-bond acceptors (Lipinski definition) is 4. The van der Waals surface area contributed by atoms with Crippen LogP contribution < -0.4 is 10.6 Å². The minimum atomic E-state index is -1.19. The number of carbonyl (C=O) groups is 3. The molecule has 2 aromatic carbocycles. The van der Waals surface area contributed by atoms with Crippen molar-refractivity contribution in [2.75, 3.05) is 5.32 Å². The maximum Gasteiger partial charge on any atom is 0.246 e. The smallest absolute Gasteiger partial charge is 0.246 e. The van der Waals surface area contributed by atoms with E-state index in [9.17, 15) is 14.4 Å². The van der Waals surface area contributed by atoms with Gasteiger partial charge in [0.1, 0.15) is 11.6 Å². The highest BCUT2D eigenvalue weighted by Gasteiger charge is 2.72. The lowest BCUT2D eigenvalue weighted by molar-refractivity contribution is -0.142. The van der Waals surface area contributed by atoms with Gasteiger partial charge in [0.2, 0.25) is 17.7 Å². The lowest BCUT2D eigenvalue weighted by Gasteiger charge is -2.36. The van der Waals surface area contributed by atoms with Crippen molar-refractivity contribution in [3.63, 3.8) is 0 Å². The molecule has 0 unspecified atom stereocenters. The van der Waals surface area contributed by atoms with Crippen LogP contribution >= 0.6 is 11.6 Å². The molecule has 2 N–H and O–H groups in total. The normalized spacial score (nSPS) is 31.9. The van der Waals surface area contributed by atoms with Crippen molar-refractivity contribution in [2.24, 2.45) is 17.8 Å². The minimum Gasteiger partial charge on any atom is -0.359 e. The Bertz CT molecular complexity index is 1360. The predicted molar refractivity (Wildman–Crippen MR) is 158 cm³/mol. The molecule has 1 aliphatic carbocycles. The average molecular weight is 576 g/mol. The van der Waals surface area contributed by atoms with E-state index >= 15 is 0 Å². The summed E-state index contributed by atoms with van der Waals surface area (Å²) in [6, 6.07) is 14.2. The second-order valence-corrected chi connectivity index (χ2v) is 12.9. The van der Waals surface area contributed by atoms with Crippen LogP contribution in [0.1, 0.15) is 63.5 Å². The predicted octanol–water partition coefficient (Wildman–Crippen LogP) is 5.45. The Kier molecular flexibility index (Phi) is 7.45. The van der Waals surface area contributed by atoms with Crippen LogP contribution in [0.5, 0.6) is 0 Å². The van der Waals surface area contributed by atoms with Gasteiger partial charge in [0, 0.05) is 23.3 Å². The molecule has 2 saturated heterocycles. The number of nitrogens with zero attached hydrogens (tertiary/aromatic N) is 1. The molecule has 8 heteroatoms. The number of carbonyl (C=O) groups excluding carboxylic acids is 3. The van der Waals surface area contributed by atoms with Crippen molar-refractivity contribution < 1.29 is 19.1 Å². The summed E-state index contributed by atoms with van der Waals surface area (Å²) in [6.07, 6.45) is 7.36. The molecule has 4 aliphatic rings. The monoisotopic (exact) mass is 575 g/mol. The third-order valence-corrected chi connectivity index (χ3v) is 9.73. The van der Waals surface area contributed by atoms with Gasteiger partial charge in [-0.25, -0.2) is 0 Å². The molecule has 0 radical (unpaired) electrons. The topological polar surface area (TPSA) is 87.7 Å². The lowest BCUT2D eigenvalue weighted by atomic mass is 9.74. The fourth-order valence-corrected chi connectivity index (χ4v) is 7.32. The zero-order valence-corrected chi connectivity index (χ0v) is 24.6. The molecule has 3 fully saturated rings. The maximum atomic E-state index is 14.2. The zero-order valence-electron chi connectivity index (χ0n) is 23.8. The first-order valence-corrected chi connectivity index (χ1v) is 15.2. The average Bonchev–Trinajstić information content (AvgIpc) is 3.59. The molecule has 7 nitrogen and oxygen atoms in total. The summed E-state index contributed by atoms with van der Waals surface area (Å²) < 4.78 is 6.50. The second kappa shape index (κ2) is 10.9. The van der Waals surface area contributed by atoms with Gasteiger partial charge >= 0.3 is 0 Å². The maximum absolute atomic E-state index is 14.2. The number of rotatable bonds is 7. The molecule has 7 atom stereocenters. The van der Waals surface area contributed by atoms with Crippen molar-refractivity contribution in [2.45, 2.75) is 82.7 Å². The van der Waals surface area contributed by atoms with Crippen molar-refractivity contribution in [1.82, 2.24) is 10.2 Å². The third-order valence-electron chi connectivity index (χ3n) is 9.48. The molecule has 3 amide bonds. The Balaban J connectivity index is 1.30. The molecule has 1 spiro atoms. The van der Waals surface area contributed by atoms with Crippen LogP contribution in [0.3, 0.4) is 0 Å². The van der Waals surface area contributed by atoms with E-state index in [1.165, 1.54) is 5.56 Å². The number of nitrogens with one attached hydrogen (secondary N) is 2. The van der Waals surface area contributed by atoms with Crippen LogP contribution in [0.15, 0.2) is 60.7 Å². The zero-order chi connectivity index (χ0) is 28.9.